The van der Waals surface area contributed by atoms with Gasteiger partial charge in [-0.05, 0) is 19.1 Å². The molecule has 0 fully saturated rings. The summed E-state index contributed by atoms with van der Waals surface area (Å²) in [5.41, 5.74) is 8.68. The summed E-state index contributed by atoms with van der Waals surface area (Å²) in [6.07, 6.45) is 1.87. The number of H-pyrrole nitrogens is 1. The third-order valence-corrected chi connectivity index (χ3v) is 2.27. The number of hydrogen-bond donors (Lipinski definition) is 2. The number of aromatic amines is 1. The lowest BCUT2D eigenvalue weighted by molar-refractivity contribution is 0.889. The van der Waals surface area contributed by atoms with Crippen molar-refractivity contribution in [1.82, 2.24) is 14.5 Å². The van der Waals surface area contributed by atoms with Gasteiger partial charge in [-0.1, -0.05) is 0 Å². The fourth-order valence-corrected chi connectivity index (χ4v) is 1.33. The van der Waals surface area contributed by atoms with E-state index in [2.05, 4.69) is 9.97 Å². The Kier molecular flexibility index (Phi) is 1.62. The van der Waals surface area contributed by atoms with Gasteiger partial charge >= 0.3 is 0 Å². The van der Waals surface area contributed by atoms with Gasteiger partial charge in [0.2, 0.25) is 5.95 Å². The maximum atomic E-state index is 5.69. The minimum absolute atomic E-state index is 0.544. The summed E-state index contributed by atoms with van der Waals surface area (Å²) in [5.74, 6) is 0.544. The lowest BCUT2D eigenvalue weighted by Gasteiger charge is -1.97. The standard InChI is InChI=1S/C9H12N4/c1-6-8(7-4-3-5-11-7)12-9(10)13(6)2/h3-5,11H,1-2H3,(H2,10,12). The quantitative estimate of drug-likeness (QED) is 0.688. The molecule has 2 rings (SSSR count). The SMILES string of the molecule is Cc1c(-c2ccc[nH]2)nc(N)n1C. The van der Waals surface area contributed by atoms with Crippen LogP contribution < -0.4 is 5.73 Å². The number of nitrogens with two attached hydrogens (primary N) is 1. The van der Waals surface area contributed by atoms with Gasteiger partial charge in [-0.2, -0.15) is 0 Å². The first-order chi connectivity index (χ1) is 6.20. The van der Waals surface area contributed by atoms with Gasteiger partial charge in [-0.3, -0.25) is 0 Å². The summed E-state index contributed by atoms with van der Waals surface area (Å²) in [5, 5.41) is 0. The second-order valence-corrected chi connectivity index (χ2v) is 3.05. The summed E-state index contributed by atoms with van der Waals surface area (Å²) >= 11 is 0. The van der Waals surface area contributed by atoms with Crippen LogP contribution in [0.4, 0.5) is 5.95 Å². The van der Waals surface area contributed by atoms with Gasteiger partial charge in [0.05, 0.1) is 5.69 Å². The fourth-order valence-electron chi connectivity index (χ4n) is 1.33. The van der Waals surface area contributed by atoms with E-state index >= 15 is 0 Å². The van der Waals surface area contributed by atoms with Crippen LogP contribution in [-0.4, -0.2) is 14.5 Å². The van der Waals surface area contributed by atoms with E-state index in [1.165, 1.54) is 0 Å². The maximum Gasteiger partial charge on any atom is 0.200 e. The van der Waals surface area contributed by atoms with Crippen molar-refractivity contribution >= 4 is 5.95 Å². The minimum atomic E-state index is 0.544. The second kappa shape index (κ2) is 2.65. The molecule has 2 heterocycles. The molecule has 0 radical (unpaired) electrons. The average Bonchev–Trinajstić information content (AvgIpc) is 2.70. The number of imidazole rings is 1. The molecular formula is C9H12N4. The van der Waals surface area contributed by atoms with Gasteiger partial charge in [0.25, 0.3) is 0 Å². The number of rotatable bonds is 1. The molecule has 3 N–H and O–H groups in total. The third-order valence-electron chi connectivity index (χ3n) is 2.27. The summed E-state index contributed by atoms with van der Waals surface area (Å²) in [6, 6.07) is 3.93. The van der Waals surface area contributed by atoms with Crippen molar-refractivity contribution in [1.29, 1.82) is 0 Å². The molecular weight excluding hydrogens is 164 g/mol. The predicted molar refractivity (Wildman–Crippen MR) is 52.1 cm³/mol. The van der Waals surface area contributed by atoms with Crippen LogP contribution in [0.15, 0.2) is 18.3 Å². The van der Waals surface area contributed by atoms with Gasteiger partial charge in [-0.25, -0.2) is 4.98 Å². The Morgan fingerprint density at radius 1 is 1.54 bits per heavy atom. The zero-order valence-corrected chi connectivity index (χ0v) is 7.70. The maximum absolute atomic E-state index is 5.69. The Labute approximate surface area is 76.4 Å². The smallest absolute Gasteiger partial charge is 0.200 e. The van der Waals surface area contributed by atoms with Crippen LogP contribution in [-0.2, 0) is 7.05 Å². The molecule has 2 aromatic heterocycles. The normalized spacial score (nSPS) is 10.6. The van der Waals surface area contributed by atoms with E-state index < -0.39 is 0 Å². The molecule has 4 nitrogen and oxygen atoms in total. The molecule has 13 heavy (non-hydrogen) atoms. The fraction of sp³-hybridized carbons (Fsp3) is 0.222. The van der Waals surface area contributed by atoms with Crippen molar-refractivity contribution < 1.29 is 0 Å². The summed E-state index contributed by atoms with van der Waals surface area (Å²) in [7, 11) is 1.91. The molecule has 0 bridgehead atoms. The summed E-state index contributed by atoms with van der Waals surface area (Å²) in [4.78, 5) is 7.37. The second-order valence-electron chi connectivity index (χ2n) is 3.05. The number of hydrogen-bond acceptors (Lipinski definition) is 2. The predicted octanol–water partition coefficient (Wildman–Crippen LogP) is 1.31. The van der Waals surface area contributed by atoms with Crippen LogP contribution in [0.5, 0.6) is 0 Å². The molecule has 0 saturated carbocycles. The molecule has 0 atom stereocenters. The summed E-state index contributed by atoms with van der Waals surface area (Å²) < 4.78 is 1.87. The average molecular weight is 176 g/mol. The molecule has 0 aliphatic heterocycles. The van der Waals surface area contributed by atoms with Gasteiger partial charge in [0.1, 0.15) is 5.69 Å². The van der Waals surface area contributed by atoms with E-state index in [1.54, 1.807) is 0 Å². The molecule has 68 valence electrons. The van der Waals surface area contributed by atoms with E-state index in [0.29, 0.717) is 5.95 Å². The van der Waals surface area contributed by atoms with Crippen LogP contribution in [0.3, 0.4) is 0 Å². The lowest BCUT2D eigenvalue weighted by Crippen LogP contribution is -1.97. The Bertz CT molecular complexity index is 411. The van der Waals surface area contributed by atoms with Gasteiger partial charge in [0, 0.05) is 18.9 Å². The van der Waals surface area contributed by atoms with E-state index in [-0.39, 0.29) is 0 Å². The lowest BCUT2D eigenvalue weighted by atomic mass is 10.2. The van der Waals surface area contributed by atoms with Gasteiger partial charge < -0.3 is 15.3 Å². The Morgan fingerprint density at radius 2 is 2.31 bits per heavy atom. The van der Waals surface area contributed by atoms with Crippen LogP contribution in [0.25, 0.3) is 11.4 Å². The van der Waals surface area contributed by atoms with Crippen molar-refractivity contribution in [2.75, 3.05) is 5.73 Å². The highest BCUT2D eigenvalue weighted by molar-refractivity contribution is 5.60. The van der Waals surface area contributed by atoms with E-state index in [0.717, 1.165) is 17.1 Å². The number of nitrogen functional groups attached to an aromatic ring is 1. The summed E-state index contributed by atoms with van der Waals surface area (Å²) in [6.45, 7) is 2.00. The number of nitrogens with one attached hydrogen (secondary N) is 1. The first-order valence-electron chi connectivity index (χ1n) is 4.12. The van der Waals surface area contributed by atoms with Crippen molar-refractivity contribution in [2.45, 2.75) is 6.92 Å². The molecule has 0 spiro atoms. The van der Waals surface area contributed by atoms with Crippen LogP contribution in [0, 0.1) is 6.92 Å². The highest BCUT2D eigenvalue weighted by atomic mass is 15.1. The molecule has 0 aliphatic carbocycles. The molecule has 0 unspecified atom stereocenters. The number of nitrogens with zero attached hydrogens (tertiary/aromatic N) is 2. The number of aromatic nitrogens is 3. The van der Waals surface area contributed by atoms with Gasteiger partial charge in [0.15, 0.2) is 0 Å². The molecule has 2 aromatic rings. The van der Waals surface area contributed by atoms with E-state index in [1.807, 2.05) is 36.9 Å². The van der Waals surface area contributed by atoms with Crippen molar-refractivity contribution in [3.8, 4) is 11.4 Å². The first-order valence-corrected chi connectivity index (χ1v) is 4.12. The van der Waals surface area contributed by atoms with Crippen molar-refractivity contribution in [3.05, 3.63) is 24.0 Å². The molecule has 0 aliphatic rings. The highest BCUT2D eigenvalue weighted by Gasteiger charge is 2.10. The van der Waals surface area contributed by atoms with E-state index in [4.69, 9.17) is 5.73 Å². The van der Waals surface area contributed by atoms with Crippen LogP contribution in [0.1, 0.15) is 5.69 Å². The topological polar surface area (TPSA) is 59.6 Å². The van der Waals surface area contributed by atoms with Crippen LogP contribution in [0.2, 0.25) is 0 Å². The molecule has 0 saturated heterocycles. The Morgan fingerprint density at radius 3 is 2.77 bits per heavy atom. The highest BCUT2D eigenvalue weighted by Crippen LogP contribution is 2.21. The minimum Gasteiger partial charge on any atom is -0.369 e. The zero-order chi connectivity index (χ0) is 9.42. The molecule has 0 amide bonds. The Balaban J connectivity index is 2.59. The largest absolute Gasteiger partial charge is 0.369 e. The number of anilines is 1. The van der Waals surface area contributed by atoms with Crippen molar-refractivity contribution in [2.24, 2.45) is 7.05 Å². The monoisotopic (exact) mass is 176 g/mol. The van der Waals surface area contributed by atoms with Crippen molar-refractivity contribution in [3.63, 3.8) is 0 Å². The molecule has 4 heteroatoms. The first kappa shape index (κ1) is 7.91. The van der Waals surface area contributed by atoms with Crippen LogP contribution >= 0.6 is 0 Å². The third kappa shape index (κ3) is 1.11. The zero-order valence-electron chi connectivity index (χ0n) is 7.70. The molecule has 0 aromatic carbocycles. The van der Waals surface area contributed by atoms with E-state index in [9.17, 15) is 0 Å². The van der Waals surface area contributed by atoms with Gasteiger partial charge in [-0.15, -0.1) is 0 Å². The Hall–Kier alpha value is -1.71.